The van der Waals surface area contributed by atoms with E-state index in [1.807, 2.05) is 26.0 Å². The van der Waals surface area contributed by atoms with Gasteiger partial charge in [-0.2, -0.15) is 0 Å². The van der Waals surface area contributed by atoms with Gasteiger partial charge in [0.15, 0.2) is 0 Å². The molecular weight excluding hydrogens is 343 g/mol. The van der Waals surface area contributed by atoms with E-state index < -0.39 is 0 Å². The van der Waals surface area contributed by atoms with E-state index >= 15 is 0 Å². The normalized spacial score (nSPS) is 14.4. The van der Waals surface area contributed by atoms with E-state index in [9.17, 15) is 4.79 Å². The lowest BCUT2D eigenvalue weighted by molar-refractivity contribution is -0.121. The minimum atomic E-state index is -0.351. The molecule has 2 rings (SSSR count). The van der Waals surface area contributed by atoms with Crippen molar-refractivity contribution in [3.63, 3.8) is 0 Å². The average molecular weight is 366 g/mol. The summed E-state index contributed by atoms with van der Waals surface area (Å²) in [4.78, 5) is 12.0. The highest BCUT2D eigenvalue weighted by atomic mass is 35.5. The zero-order valence-corrected chi connectivity index (χ0v) is 15.2. The first kappa shape index (κ1) is 19.6. The monoisotopic (exact) mass is 364 g/mol. The van der Waals surface area contributed by atoms with E-state index in [4.69, 9.17) is 23.2 Å². The summed E-state index contributed by atoms with van der Waals surface area (Å²) in [6, 6.07) is 5.45. The fourth-order valence-corrected chi connectivity index (χ4v) is 2.79. The van der Waals surface area contributed by atoms with Crippen LogP contribution in [0.2, 0.25) is 10.0 Å². The van der Waals surface area contributed by atoms with Crippen LogP contribution >= 0.6 is 35.6 Å². The summed E-state index contributed by atoms with van der Waals surface area (Å²) in [6.45, 7) is 5.30. The van der Waals surface area contributed by atoms with E-state index in [0.717, 1.165) is 18.0 Å². The molecule has 1 aliphatic rings. The van der Waals surface area contributed by atoms with Gasteiger partial charge in [-0.15, -0.1) is 12.4 Å². The maximum absolute atomic E-state index is 12.0. The molecule has 6 heteroatoms. The molecule has 0 atom stereocenters. The van der Waals surface area contributed by atoms with Crippen LogP contribution in [0.5, 0.6) is 0 Å². The molecule has 1 amide bonds. The zero-order valence-electron chi connectivity index (χ0n) is 12.9. The Kier molecular flexibility index (Phi) is 7.47. The summed E-state index contributed by atoms with van der Waals surface area (Å²) < 4.78 is 0. The van der Waals surface area contributed by atoms with Gasteiger partial charge in [0, 0.05) is 15.6 Å². The molecule has 0 aliphatic heterocycles. The highest BCUT2D eigenvalue weighted by Gasteiger charge is 2.23. The van der Waals surface area contributed by atoms with Gasteiger partial charge >= 0.3 is 0 Å². The molecule has 0 radical (unpaired) electrons. The fourth-order valence-electron chi connectivity index (χ4n) is 2.32. The van der Waals surface area contributed by atoms with Crippen LogP contribution in [0.25, 0.3) is 0 Å². The summed E-state index contributed by atoms with van der Waals surface area (Å²) in [5, 5.41) is 7.50. The van der Waals surface area contributed by atoms with Gasteiger partial charge in [-0.25, -0.2) is 0 Å². The highest BCUT2D eigenvalue weighted by molar-refractivity contribution is 6.35. The number of amides is 1. The maximum atomic E-state index is 12.0. The van der Waals surface area contributed by atoms with Crippen LogP contribution in [-0.4, -0.2) is 24.5 Å². The summed E-state index contributed by atoms with van der Waals surface area (Å²) >= 11 is 12.1. The highest BCUT2D eigenvalue weighted by Crippen LogP contribution is 2.27. The first-order valence-electron chi connectivity index (χ1n) is 7.31. The molecule has 1 aromatic carbocycles. The second kappa shape index (κ2) is 8.39. The number of carbonyl (C=O) groups is 1. The quantitative estimate of drug-likeness (QED) is 0.770. The minimum Gasteiger partial charge on any atom is -0.350 e. The largest absolute Gasteiger partial charge is 0.350 e. The van der Waals surface area contributed by atoms with Gasteiger partial charge < -0.3 is 10.6 Å². The van der Waals surface area contributed by atoms with Crippen LogP contribution in [0.15, 0.2) is 18.2 Å². The number of benzene rings is 1. The van der Waals surface area contributed by atoms with Gasteiger partial charge in [0.05, 0.1) is 6.54 Å². The van der Waals surface area contributed by atoms with Crippen molar-refractivity contribution in [2.75, 3.05) is 13.1 Å². The fraction of sp³-hybridized carbons (Fsp3) is 0.562. The van der Waals surface area contributed by atoms with Gasteiger partial charge in [0.25, 0.3) is 0 Å². The third-order valence-corrected chi connectivity index (χ3v) is 4.13. The molecule has 0 bridgehead atoms. The van der Waals surface area contributed by atoms with Gasteiger partial charge in [0.2, 0.25) is 5.91 Å². The molecule has 0 aromatic heterocycles. The molecule has 124 valence electrons. The van der Waals surface area contributed by atoms with Gasteiger partial charge in [-0.1, -0.05) is 29.3 Å². The molecule has 0 unspecified atom stereocenters. The molecule has 1 saturated carbocycles. The van der Waals surface area contributed by atoms with Crippen LogP contribution in [0, 0.1) is 5.92 Å². The lowest BCUT2D eigenvalue weighted by atomic mass is 9.95. The Balaban J connectivity index is 0.00000242. The average Bonchev–Trinajstić information content (AvgIpc) is 3.16. The molecule has 0 spiro atoms. The third kappa shape index (κ3) is 6.74. The van der Waals surface area contributed by atoms with Crippen LogP contribution < -0.4 is 10.6 Å². The third-order valence-electron chi connectivity index (χ3n) is 3.54. The molecule has 0 saturated heterocycles. The Hall–Kier alpha value is -0.480. The summed E-state index contributed by atoms with van der Waals surface area (Å²) in [5.41, 5.74) is 0.632. The first-order valence-corrected chi connectivity index (χ1v) is 8.07. The molecule has 3 nitrogen and oxygen atoms in total. The number of hydrogen-bond donors (Lipinski definition) is 2. The second-order valence-electron chi connectivity index (χ2n) is 6.42. The lowest BCUT2D eigenvalue weighted by Gasteiger charge is -2.27. The van der Waals surface area contributed by atoms with Gasteiger partial charge in [-0.05, 0) is 63.3 Å². The van der Waals surface area contributed by atoms with E-state index in [0.29, 0.717) is 23.0 Å². The summed E-state index contributed by atoms with van der Waals surface area (Å²) in [6.07, 6.45) is 3.24. The van der Waals surface area contributed by atoms with E-state index in [2.05, 4.69) is 10.6 Å². The summed E-state index contributed by atoms with van der Waals surface area (Å²) in [5.74, 6) is 0.796. The van der Waals surface area contributed by atoms with Crippen molar-refractivity contribution in [2.24, 2.45) is 5.92 Å². The van der Waals surface area contributed by atoms with Crippen LogP contribution in [0.4, 0.5) is 0 Å². The number of hydrogen-bond acceptors (Lipinski definition) is 2. The Labute approximate surface area is 148 Å². The van der Waals surface area contributed by atoms with Crippen molar-refractivity contribution in [1.29, 1.82) is 0 Å². The Bertz CT molecular complexity index is 516. The smallest absolute Gasteiger partial charge is 0.234 e. The molecule has 1 aliphatic carbocycles. The Morgan fingerprint density at radius 1 is 1.32 bits per heavy atom. The molecule has 22 heavy (non-hydrogen) atoms. The zero-order chi connectivity index (χ0) is 15.5. The first-order chi connectivity index (χ1) is 9.85. The molecule has 1 fully saturated rings. The predicted octanol–water partition coefficient (Wildman–Crippen LogP) is 3.85. The van der Waals surface area contributed by atoms with Crippen LogP contribution in [-0.2, 0) is 11.2 Å². The number of carbonyl (C=O) groups excluding carboxylic acids is 1. The van der Waals surface area contributed by atoms with E-state index in [-0.39, 0.29) is 23.9 Å². The topological polar surface area (TPSA) is 41.1 Å². The predicted molar refractivity (Wildman–Crippen MR) is 95.2 cm³/mol. The van der Waals surface area contributed by atoms with Crippen molar-refractivity contribution in [1.82, 2.24) is 10.6 Å². The SMILES string of the molecule is CC(C)(Cc1ccc(Cl)cc1Cl)NC(=O)CNCC1CC1.Cl. The lowest BCUT2D eigenvalue weighted by Crippen LogP contribution is -2.48. The Morgan fingerprint density at radius 2 is 2.00 bits per heavy atom. The van der Waals surface area contributed by atoms with Crippen LogP contribution in [0.1, 0.15) is 32.3 Å². The van der Waals surface area contributed by atoms with Gasteiger partial charge in [-0.3, -0.25) is 4.79 Å². The molecular formula is C16H23Cl3N2O. The minimum absolute atomic E-state index is 0. The van der Waals surface area contributed by atoms with E-state index in [1.54, 1.807) is 6.07 Å². The molecule has 0 heterocycles. The Morgan fingerprint density at radius 3 is 2.59 bits per heavy atom. The maximum Gasteiger partial charge on any atom is 0.234 e. The van der Waals surface area contributed by atoms with Crippen molar-refractivity contribution in [2.45, 2.75) is 38.6 Å². The molecule has 2 N–H and O–H groups in total. The van der Waals surface area contributed by atoms with E-state index in [1.165, 1.54) is 12.8 Å². The number of rotatable bonds is 7. The number of halogens is 3. The van der Waals surface area contributed by atoms with Crippen molar-refractivity contribution in [3.05, 3.63) is 33.8 Å². The summed E-state index contributed by atoms with van der Waals surface area (Å²) in [7, 11) is 0. The van der Waals surface area contributed by atoms with Crippen molar-refractivity contribution < 1.29 is 4.79 Å². The van der Waals surface area contributed by atoms with Crippen molar-refractivity contribution >= 4 is 41.5 Å². The molecule has 1 aromatic rings. The van der Waals surface area contributed by atoms with Gasteiger partial charge in [0.1, 0.15) is 0 Å². The standard InChI is InChI=1S/C16H22Cl2N2O.ClH/c1-16(2,8-12-5-6-13(17)7-14(12)18)20-15(21)10-19-9-11-3-4-11;/h5-7,11,19H,3-4,8-10H2,1-2H3,(H,20,21);1H. The van der Waals surface area contributed by atoms with Crippen molar-refractivity contribution in [3.8, 4) is 0 Å². The number of nitrogens with one attached hydrogen (secondary N) is 2. The second-order valence-corrected chi connectivity index (χ2v) is 7.26. The van der Waals surface area contributed by atoms with Crippen LogP contribution in [0.3, 0.4) is 0 Å².